The minimum atomic E-state index is -0.960. The average Bonchev–Trinajstić information content (AvgIpc) is 3.49. The number of ether oxygens (including phenoxy) is 4. The maximum atomic E-state index is 15.3. The highest BCUT2D eigenvalue weighted by molar-refractivity contribution is 5.94. The fourth-order valence-electron chi connectivity index (χ4n) is 9.63. The number of carbonyl (C=O) groups excluding carboxylic acids is 4. The lowest BCUT2D eigenvalue weighted by Crippen LogP contribution is -2.12. The number of rotatable bonds is 32. The van der Waals surface area contributed by atoms with Crippen molar-refractivity contribution in [2.75, 3.05) is 0 Å². The molecule has 0 aromatic heterocycles. The Balaban J connectivity index is 0.821. The van der Waals surface area contributed by atoms with E-state index in [4.69, 9.17) is 18.9 Å². The van der Waals surface area contributed by atoms with Crippen LogP contribution in [0.5, 0.6) is 23.0 Å². The van der Waals surface area contributed by atoms with Crippen LogP contribution in [0.25, 0.3) is 22.3 Å². The molecule has 0 amide bonds. The van der Waals surface area contributed by atoms with Gasteiger partial charge < -0.3 is 18.9 Å². The fourth-order valence-corrected chi connectivity index (χ4v) is 9.63. The summed E-state index contributed by atoms with van der Waals surface area (Å²) in [5.41, 5.74) is 6.58. The normalized spacial score (nSPS) is 11.1. The van der Waals surface area contributed by atoms with E-state index < -0.39 is 35.5 Å². The summed E-state index contributed by atoms with van der Waals surface area (Å²) in [4.78, 5) is 52.2. The number of unbranched alkanes of at least 4 members (excludes halogenated alkanes) is 18. The molecule has 7 aromatic carbocycles. The number of benzene rings is 7. The fraction of sp³-hybridized carbons (Fsp3) is 0.343. The summed E-state index contributed by atoms with van der Waals surface area (Å²) in [6.07, 6.45) is 28.3. The summed E-state index contributed by atoms with van der Waals surface area (Å²) >= 11 is 0. The third-order valence-corrected chi connectivity index (χ3v) is 14.4. The largest absolute Gasteiger partial charge is 0.423 e. The lowest BCUT2D eigenvalue weighted by molar-refractivity contribution is 0.0716. The van der Waals surface area contributed by atoms with Gasteiger partial charge >= 0.3 is 23.9 Å². The standard InChI is InChI=1S/C70H76F2O8/c1-3-5-7-9-11-13-15-17-19-21-24-51-28-32-53(33-29-51)55-36-40-57(41-37-55)67(73)79-65-46-44-59(48-63(65)71)69(75)77-61-26-23-27-62(50-61)78-70(76)60-45-47-66(64(72)49-60)80-68(74)58-42-38-56(39-43-58)54-34-30-52(31-35-54)25-22-20-18-16-14-12-10-8-6-4-2/h23,26-50H,3-22,24-25H2,1-2H3. The van der Waals surface area contributed by atoms with E-state index in [9.17, 15) is 19.2 Å². The van der Waals surface area contributed by atoms with Gasteiger partial charge in [-0.3, -0.25) is 0 Å². The van der Waals surface area contributed by atoms with Crippen molar-refractivity contribution in [2.24, 2.45) is 0 Å². The van der Waals surface area contributed by atoms with E-state index in [1.807, 2.05) is 24.3 Å². The molecule has 0 saturated carbocycles. The summed E-state index contributed by atoms with van der Waals surface area (Å²) in [7, 11) is 0. The zero-order valence-electron chi connectivity index (χ0n) is 46.6. The molecule has 0 N–H and O–H groups in total. The van der Waals surface area contributed by atoms with Crippen molar-refractivity contribution < 1.29 is 46.9 Å². The Bertz CT molecular complexity index is 2850. The Morgan fingerprint density at radius 1 is 0.312 bits per heavy atom. The van der Waals surface area contributed by atoms with Crippen LogP contribution in [-0.2, 0) is 12.8 Å². The number of aryl methyl sites for hydroxylation is 2. The molecule has 7 aromatic rings. The minimum Gasteiger partial charge on any atom is -0.423 e. The number of carbonyl (C=O) groups is 4. The predicted molar refractivity (Wildman–Crippen MR) is 314 cm³/mol. The Morgan fingerprint density at radius 3 is 0.925 bits per heavy atom. The third kappa shape index (κ3) is 19.3. The quantitative estimate of drug-likeness (QED) is 0.0233. The predicted octanol–water partition coefficient (Wildman–Crippen LogP) is 19.1. The van der Waals surface area contributed by atoms with Gasteiger partial charge in [-0.2, -0.15) is 0 Å². The van der Waals surface area contributed by atoms with Crippen molar-refractivity contribution >= 4 is 23.9 Å². The van der Waals surface area contributed by atoms with Gasteiger partial charge in [-0.05, 0) is 132 Å². The molecule has 0 atom stereocenters. The molecule has 0 aliphatic carbocycles. The number of hydrogen-bond acceptors (Lipinski definition) is 8. The van der Waals surface area contributed by atoms with Gasteiger partial charge in [0.1, 0.15) is 11.5 Å². The second kappa shape index (κ2) is 32.4. The SMILES string of the molecule is CCCCCCCCCCCCc1ccc(-c2ccc(C(=O)Oc3ccc(C(=O)Oc4cccc(OC(=O)c5ccc(OC(=O)c6ccc(-c7ccc(CCCCCCCCCCCC)cc7)cc6)c(F)c5)c4)cc3F)cc2)cc1. The van der Waals surface area contributed by atoms with Crippen LogP contribution in [0.4, 0.5) is 8.78 Å². The molecular weight excluding hydrogens is 1010 g/mol. The second-order valence-corrected chi connectivity index (χ2v) is 20.7. The molecular formula is C70H76F2O8. The van der Waals surface area contributed by atoms with Gasteiger partial charge in [-0.15, -0.1) is 0 Å². The van der Waals surface area contributed by atoms with Crippen LogP contribution in [0.1, 0.15) is 195 Å². The highest BCUT2D eigenvalue weighted by Crippen LogP contribution is 2.28. The van der Waals surface area contributed by atoms with E-state index in [1.165, 1.54) is 176 Å². The van der Waals surface area contributed by atoms with Gasteiger partial charge in [0.05, 0.1) is 22.3 Å². The van der Waals surface area contributed by atoms with Crippen LogP contribution in [0, 0.1) is 11.6 Å². The number of halogens is 2. The molecule has 8 nitrogen and oxygen atoms in total. The van der Waals surface area contributed by atoms with Crippen LogP contribution >= 0.6 is 0 Å². The van der Waals surface area contributed by atoms with Crippen LogP contribution < -0.4 is 18.9 Å². The molecule has 0 fully saturated rings. The molecule has 0 saturated heterocycles. The zero-order chi connectivity index (χ0) is 56.3. The second-order valence-electron chi connectivity index (χ2n) is 20.7. The number of hydrogen-bond donors (Lipinski definition) is 0. The summed E-state index contributed by atoms with van der Waals surface area (Å²) in [6.45, 7) is 4.50. The first-order chi connectivity index (χ1) is 39.1. The maximum Gasteiger partial charge on any atom is 0.343 e. The summed E-state index contributed by atoms with van der Waals surface area (Å²) in [5.74, 6) is -6.14. The Hall–Kier alpha value is -7.72. The van der Waals surface area contributed by atoms with Gasteiger partial charge in [-0.1, -0.05) is 208 Å². The van der Waals surface area contributed by atoms with E-state index in [0.29, 0.717) is 0 Å². The molecule has 0 unspecified atom stereocenters. The van der Waals surface area contributed by atoms with E-state index >= 15 is 8.78 Å². The van der Waals surface area contributed by atoms with Gasteiger partial charge in [0, 0.05) is 6.07 Å². The van der Waals surface area contributed by atoms with Crippen LogP contribution in [-0.4, -0.2) is 23.9 Å². The first kappa shape index (κ1) is 59.9. The molecule has 0 aliphatic heterocycles. The van der Waals surface area contributed by atoms with Crippen LogP contribution in [0.3, 0.4) is 0 Å². The summed E-state index contributed by atoms with van der Waals surface area (Å²) < 4.78 is 52.1. The molecule has 0 heterocycles. The first-order valence-electron chi connectivity index (χ1n) is 29.0. The topological polar surface area (TPSA) is 105 Å². The highest BCUT2D eigenvalue weighted by Gasteiger charge is 2.19. The van der Waals surface area contributed by atoms with Gasteiger partial charge in [-0.25, -0.2) is 28.0 Å². The summed E-state index contributed by atoms with van der Waals surface area (Å²) in [5, 5.41) is 0. The molecule has 7 rings (SSSR count). The summed E-state index contributed by atoms with van der Waals surface area (Å²) in [6, 6.07) is 42.9. The lowest BCUT2D eigenvalue weighted by atomic mass is 10.00. The Kier molecular flexibility index (Phi) is 24.3. The smallest absolute Gasteiger partial charge is 0.343 e. The number of esters is 4. The highest BCUT2D eigenvalue weighted by atomic mass is 19.1. The van der Waals surface area contributed by atoms with Gasteiger partial charge in [0.25, 0.3) is 0 Å². The maximum absolute atomic E-state index is 15.3. The molecule has 0 radical (unpaired) electrons. The van der Waals surface area contributed by atoms with Crippen molar-refractivity contribution in [1.82, 2.24) is 0 Å². The molecule has 418 valence electrons. The molecule has 0 spiro atoms. The van der Waals surface area contributed by atoms with Gasteiger partial charge in [0.2, 0.25) is 0 Å². The Morgan fingerprint density at radius 2 is 0.600 bits per heavy atom. The van der Waals surface area contributed by atoms with Gasteiger partial charge in [0.15, 0.2) is 23.1 Å². The van der Waals surface area contributed by atoms with E-state index in [0.717, 1.165) is 59.4 Å². The van der Waals surface area contributed by atoms with E-state index in [1.54, 1.807) is 24.3 Å². The lowest BCUT2D eigenvalue weighted by Gasteiger charge is -2.10. The van der Waals surface area contributed by atoms with Crippen molar-refractivity contribution in [2.45, 2.75) is 155 Å². The molecule has 80 heavy (non-hydrogen) atoms. The average molecular weight is 1080 g/mol. The van der Waals surface area contributed by atoms with Crippen molar-refractivity contribution in [1.29, 1.82) is 0 Å². The van der Waals surface area contributed by atoms with Crippen molar-refractivity contribution in [3.8, 4) is 45.3 Å². The zero-order valence-corrected chi connectivity index (χ0v) is 46.6. The van der Waals surface area contributed by atoms with Crippen LogP contribution in [0.15, 0.2) is 158 Å². The first-order valence-corrected chi connectivity index (χ1v) is 29.0. The monoisotopic (exact) mass is 1080 g/mol. The van der Waals surface area contributed by atoms with Crippen LogP contribution in [0.2, 0.25) is 0 Å². The Labute approximate surface area is 471 Å². The van der Waals surface area contributed by atoms with Crippen molar-refractivity contribution in [3.05, 3.63) is 203 Å². The van der Waals surface area contributed by atoms with E-state index in [-0.39, 0.29) is 45.3 Å². The molecule has 0 bridgehead atoms. The van der Waals surface area contributed by atoms with E-state index in [2.05, 4.69) is 62.4 Å². The third-order valence-electron chi connectivity index (χ3n) is 14.4. The molecule has 10 heteroatoms. The van der Waals surface area contributed by atoms with Crippen molar-refractivity contribution in [3.63, 3.8) is 0 Å². The minimum absolute atomic E-state index is 0.0332. The molecule has 0 aliphatic rings.